The van der Waals surface area contributed by atoms with Gasteiger partial charge in [0.25, 0.3) is 0 Å². The van der Waals surface area contributed by atoms with Crippen LogP contribution in [0.4, 0.5) is 0 Å². The van der Waals surface area contributed by atoms with E-state index in [1.807, 2.05) is 6.92 Å². The molecule has 0 amide bonds. The fourth-order valence-electron chi connectivity index (χ4n) is 2.03. The maximum Gasteiger partial charge on any atom is 0.358 e. The number of benzene rings is 1. The topological polar surface area (TPSA) is 86.5 Å². The summed E-state index contributed by atoms with van der Waals surface area (Å²) in [5, 5.41) is 17.1. The first-order valence-corrected chi connectivity index (χ1v) is 5.61. The van der Waals surface area contributed by atoms with Crippen molar-refractivity contribution in [2.75, 3.05) is 6.79 Å². The Morgan fingerprint density at radius 2 is 2.00 bits per heavy atom. The van der Waals surface area contributed by atoms with E-state index in [1.54, 1.807) is 19.2 Å². The number of carbonyl (C=O) groups is 1. The molecule has 0 radical (unpaired) electrons. The van der Waals surface area contributed by atoms with Gasteiger partial charge in [0.05, 0.1) is 0 Å². The number of aromatic nitrogens is 3. The molecule has 1 N–H and O–H groups in total. The lowest BCUT2D eigenvalue weighted by Gasteiger charge is -2.05. The van der Waals surface area contributed by atoms with Gasteiger partial charge in [-0.25, -0.2) is 4.79 Å². The Hall–Kier alpha value is -2.57. The van der Waals surface area contributed by atoms with Crippen molar-refractivity contribution in [2.24, 2.45) is 7.05 Å². The molecule has 7 heteroatoms. The largest absolute Gasteiger partial charge is 0.476 e. The van der Waals surface area contributed by atoms with Crippen LogP contribution in [-0.2, 0) is 7.05 Å². The number of hydrogen-bond acceptors (Lipinski definition) is 5. The van der Waals surface area contributed by atoms with Crippen LogP contribution in [0.2, 0.25) is 0 Å². The Labute approximate surface area is 108 Å². The SMILES string of the molecule is Cc1cc2c(cc1-c1nn(C)nc1C(=O)O)OCO2. The van der Waals surface area contributed by atoms with Crippen molar-refractivity contribution >= 4 is 5.97 Å². The molecule has 1 aliphatic rings. The van der Waals surface area contributed by atoms with Gasteiger partial charge in [0, 0.05) is 12.6 Å². The molecule has 7 nitrogen and oxygen atoms in total. The molecule has 0 atom stereocenters. The zero-order valence-corrected chi connectivity index (χ0v) is 10.4. The van der Waals surface area contributed by atoms with E-state index in [9.17, 15) is 4.79 Å². The van der Waals surface area contributed by atoms with E-state index in [0.29, 0.717) is 22.8 Å². The van der Waals surface area contributed by atoms with Gasteiger partial charge in [-0.1, -0.05) is 0 Å². The van der Waals surface area contributed by atoms with Crippen molar-refractivity contribution in [3.8, 4) is 22.8 Å². The van der Waals surface area contributed by atoms with Crippen molar-refractivity contribution in [3.05, 3.63) is 23.4 Å². The molecule has 0 saturated heterocycles. The Bertz CT molecular complexity index is 678. The van der Waals surface area contributed by atoms with E-state index in [0.717, 1.165) is 5.56 Å². The van der Waals surface area contributed by atoms with Crippen LogP contribution in [0.3, 0.4) is 0 Å². The number of aromatic carboxylic acids is 1. The van der Waals surface area contributed by atoms with E-state index in [-0.39, 0.29) is 12.5 Å². The number of aryl methyl sites for hydroxylation is 2. The normalized spacial score (nSPS) is 12.7. The van der Waals surface area contributed by atoms with Crippen LogP contribution in [0, 0.1) is 6.92 Å². The average molecular weight is 261 g/mol. The highest BCUT2D eigenvalue weighted by molar-refractivity contribution is 5.93. The van der Waals surface area contributed by atoms with Crippen LogP contribution in [0.25, 0.3) is 11.3 Å². The van der Waals surface area contributed by atoms with Crippen LogP contribution in [-0.4, -0.2) is 32.9 Å². The molecule has 0 fully saturated rings. The van der Waals surface area contributed by atoms with Gasteiger partial charge in [-0.05, 0) is 24.6 Å². The summed E-state index contributed by atoms with van der Waals surface area (Å²) in [6.45, 7) is 2.03. The van der Waals surface area contributed by atoms with E-state index >= 15 is 0 Å². The molecule has 0 spiro atoms. The molecular formula is C12H11N3O4. The average Bonchev–Trinajstić information content (AvgIpc) is 2.93. The fraction of sp³-hybridized carbons (Fsp3) is 0.250. The second-order valence-electron chi connectivity index (χ2n) is 4.21. The third-order valence-electron chi connectivity index (χ3n) is 2.89. The molecule has 0 bridgehead atoms. The standard InChI is InChI=1S/C12H11N3O4/c1-6-3-8-9(19-5-18-8)4-7(6)10-11(12(16)17)14-15(2)13-10/h3-4H,5H2,1-2H3,(H,16,17). The van der Waals surface area contributed by atoms with Gasteiger partial charge >= 0.3 is 5.97 Å². The van der Waals surface area contributed by atoms with Crippen LogP contribution >= 0.6 is 0 Å². The number of nitrogens with zero attached hydrogens (tertiary/aromatic N) is 3. The summed E-state index contributed by atoms with van der Waals surface area (Å²) in [6, 6.07) is 3.53. The van der Waals surface area contributed by atoms with Crippen LogP contribution in [0.15, 0.2) is 12.1 Å². The first kappa shape index (κ1) is 11.5. The molecule has 98 valence electrons. The zero-order chi connectivity index (χ0) is 13.6. The molecule has 3 rings (SSSR count). The second-order valence-corrected chi connectivity index (χ2v) is 4.21. The highest BCUT2D eigenvalue weighted by atomic mass is 16.7. The van der Waals surface area contributed by atoms with Crippen molar-refractivity contribution in [1.82, 2.24) is 15.0 Å². The molecular weight excluding hydrogens is 250 g/mol. The molecule has 0 aliphatic carbocycles. The number of rotatable bonds is 2. The minimum Gasteiger partial charge on any atom is -0.476 e. The van der Waals surface area contributed by atoms with Gasteiger partial charge in [-0.3, -0.25) is 0 Å². The highest BCUT2D eigenvalue weighted by Gasteiger charge is 2.23. The molecule has 0 unspecified atom stereocenters. The van der Waals surface area contributed by atoms with Gasteiger partial charge in [0.1, 0.15) is 5.69 Å². The highest BCUT2D eigenvalue weighted by Crippen LogP contribution is 2.38. The van der Waals surface area contributed by atoms with Crippen LogP contribution < -0.4 is 9.47 Å². The maximum atomic E-state index is 11.2. The molecule has 1 aromatic carbocycles. The summed E-state index contributed by atoms with van der Waals surface area (Å²) in [4.78, 5) is 12.4. The van der Waals surface area contributed by atoms with Gasteiger partial charge in [-0.15, -0.1) is 5.10 Å². The molecule has 1 aliphatic heterocycles. The van der Waals surface area contributed by atoms with E-state index in [4.69, 9.17) is 14.6 Å². The monoisotopic (exact) mass is 261 g/mol. The number of carboxylic acid groups (broad SMARTS) is 1. The fourth-order valence-corrected chi connectivity index (χ4v) is 2.03. The number of fused-ring (bicyclic) bond motifs is 1. The number of ether oxygens (including phenoxy) is 2. The first-order chi connectivity index (χ1) is 9.06. The summed E-state index contributed by atoms with van der Waals surface area (Å²) in [7, 11) is 1.58. The number of hydrogen-bond donors (Lipinski definition) is 1. The van der Waals surface area contributed by atoms with Gasteiger partial charge in [0.2, 0.25) is 6.79 Å². The predicted octanol–water partition coefficient (Wildman–Crippen LogP) is 1.22. The molecule has 0 saturated carbocycles. The molecule has 2 heterocycles. The van der Waals surface area contributed by atoms with Crippen LogP contribution in [0.1, 0.15) is 16.1 Å². The molecule has 1 aromatic heterocycles. The van der Waals surface area contributed by atoms with E-state index in [1.165, 1.54) is 4.80 Å². The Balaban J connectivity index is 2.20. The lowest BCUT2D eigenvalue weighted by Crippen LogP contribution is -2.01. The third kappa shape index (κ3) is 1.79. The Morgan fingerprint density at radius 3 is 2.68 bits per heavy atom. The second kappa shape index (κ2) is 3.98. The Kier molecular flexibility index (Phi) is 2.41. The summed E-state index contributed by atoms with van der Waals surface area (Å²) < 4.78 is 10.6. The van der Waals surface area contributed by atoms with E-state index < -0.39 is 5.97 Å². The zero-order valence-electron chi connectivity index (χ0n) is 10.4. The van der Waals surface area contributed by atoms with Crippen molar-refractivity contribution in [3.63, 3.8) is 0 Å². The van der Waals surface area contributed by atoms with Crippen molar-refractivity contribution < 1.29 is 19.4 Å². The van der Waals surface area contributed by atoms with Gasteiger partial charge < -0.3 is 14.6 Å². The van der Waals surface area contributed by atoms with Crippen LogP contribution in [0.5, 0.6) is 11.5 Å². The smallest absolute Gasteiger partial charge is 0.358 e. The van der Waals surface area contributed by atoms with E-state index in [2.05, 4.69) is 10.2 Å². The van der Waals surface area contributed by atoms with Crippen molar-refractivity contribution in [2.45, 2.75) is 6.92 Å². The minimum atomic E-state index is -1.11. The predicted molar refractivity (Wildman–Crippen MR) is 64.3 cm³/mol. The summed E-state index contributed by atoms with van der Waals surface area (Å²) >= 11 is 0. The Morgan fingerprint density at radius 1 is 1.32 bits per heavy atom. The summed E-state index contributed by atoms with van der Waals surface area (Å²) in [6.07, 6.45) is 0. The van der Waals surface area contributed by atoms with Gasteiger partial charge in [0.15, 0.2) is 17.2 Å². The van der Waals surface area contributed by atoms with Gasteiger partial charge in [-0.2, -0.15) is 9.90 Å². The number of carboxylic acids is 1. The quantitative estimate of drug-likeness (QED) is 0.874. The first-order valence-electron chi connectivity index (χ1n) is 5.61. The van der Waals surface area contributed by atoms with Crippen molar-refractivity contribution in [1.29, 1.82) is 0 Å². The molecule has 19 heavy (non-hydrogen) atoms. The lowest BCUT2D eigenvalue weighted by molar-refractivity contribution is 0.0690. The third-order valence-corrected chi connectivity index (χ3v) is 2.89. The summed E-state index contributed by atoms with van der Waals surface area (Å²) in [5.41, 5.74) is 1.78. The lowest BCUT2D eigenvalue weighted by atomic mass is 10.0. The summed E-state index contributed by atoms with van der Waals surface area (Å²) in [5.74, 6) is 0.129. The molecule has 2 aromatic rings. The minimum absolute atomic E-state index is 0.0792. The maximum absolute atomic E-state index is 11.2.